The highest BCUT2D eigenvalue weighted by Crippen LogP contribution is 2.38. The maximum absolute atomic E-state index is 12.2. The Balaban J connectivity index is 1.77. The molecule has 1 aromatic heterocycles. The first-order valence-corrected chi connectivity index (χ1v) is 8.14. The van der Waals surface area contributed by atoms with E-state index in [0.717, 1.165) is 10.9 Å². The van der Waals surface area contributed by atoms with Crippen LogP contribution in [0.25, 0.3) is 10.9 Å². The summed E-state index contributed by atoms with van der Waals surface area (Å²) in [5.74, 6) is -1.37. The van der Waals surface area contributed by atoms with Crippen LogP contribution in [0.4, 0.5) is 0 Å². The van der Waals surface area contributed by atoms with Gasteiger partial charge in [-0.15, -0.1) is 0 Å². The molecular formula is C14H16N2O4S. The Bertz CT molecular complexity index is 809. The molecule has 0 saturated heterocycles. The average molecular weight is 308 g/mol. The molecule has 2 N–H and O–H groups in total. The summed E-state index contributed by atoms with van der Waals surface area (Å²) < 4.78 is 28.9. The Morgan fingerprint density at radius 1 is 1.43 bits per heavy atom. The first-order chi connectivity index (χ1) is 9.88. The minimum absolute atomic E-state index is 0.101. The second-order valence-electron chi connectivity index (χ2n) is 5.44. The lowest BCUT2D eigenvalue weighted by atomic mass is 10.2. The predicted octanol–water partition coefficient (Wildman–Crippen LogP) is 1.18. The van der Waals surface area contributed by atoms with Gasteiger partial charge in [0.05, 0.1) is 10.8 Å². The predicted molar refractivity (Wildman–Crippen MR) is 77.3 cm³/mol. The number of benzene rings is 1. The van der Waals surface area contributed by atoms with E-state index in [2.05, 4.69) is 4.72 Å². The number of hydrogen-bond donors (Lipinski definition) is 2. The lowest BCUT2D eigenvalue weighted by Crippen LogP contribution is -2.26. The normalized spacial score (nSPS) is 21.6. The third-order valence-corrected chi connectivity index (χ3v) is 5.37. The number of aryl methyl sites for hydroxylation is 1. The van der Waals surface area contributed by atoms with Gasteiger partial charge in [-0.3, -0.25) is 4.79 Å². The van der Waals surface area contributed by atoms with Crippen molar-refractivity contribution in [3.8, 4) is 0 Å². The lowest BCUT2D eigenvalue weighted by molar-refractivity contribution is -0.138. The van der Waals surface area contributed by atoms with E-state index in [1.165, 1.54) is 0 Å². The van der Waals surface area contributed by atoms with Gasteiger partial charge in [-0.25, -0.2) is 13.1 Å². The van der Waals surface area contributed by atoms with Gasteiger partial charge in [-0.2, -0.15) is 0 Å². The lowest BCUT2D eigenvalue weighted by Gasteiger charge is -2.07. The molecule has 2 aromatic rings. The number of aromatic nitrogens is 1. The van der Waals surface area contributed by atoms with E-state index >= 15 is 0 Å². The zero-order valence-corrected chi connectivity index (χ0v) is 12.3. The molecule has 0 unspecified atom stereocenters. The van der Waals surface area contributed by atoms with Gasteiger partial charge in [0.2, 0.25) is 10.0 Å². The number of carboxylic acids is 1. The van der Waals surface area contributed by atoms with Crippen molar-refractivity contribution < 1.29 is 18.3 Å². The van der Waals surface area contributed by atoms with Crippen molar-refractivity contribution in [1.29, 1.82) is 0 Å². The number of carboxylic acid groups (broad SMARTS) is 1. The number of carbonyl (C=O) groups is 1. The molecule has 1 aromatic carbocycles. The number of sulfonamides is 1. The second-order valence-corrected chi connectivity index (χ2v) is 7.21. The first-order valence-electron chi connectivity index (χ1n) is 6.66. The van der Waals surface area contributed by atoms with Gasteiger partial charge in [0.1, 0.15) is 0 Å². The number of nitrogens with zero attached hydrogens (tertiary/aromatic N) is 1. The van der Waals surface area contributed by atoms with Crippen molar-refractivity contribution >= 4 is 26.9 Å². The standard InChI is InChI=1S/C14H16N2O4S/c1-16-5-4-9-2-3-11(7-13(9)16)21(19,20)15-8-10-6-12(10)14(17)18/h2-5,7,10,12,15H,6,8H2,1H3,(H,17,18)/t10-,12+/m0/s1. The Hall–Kier alpha value is -1.86. The van der Waals surface area contributed by atoms with Crippen LogP contribution in [0.5, 0.6) is 0 Å². The molecule has 0 spiro atoms. The fourth-order valence-corrected chi connectivity index (χ4v) is 3.60. The smallest absolute Gasteiger partial charge is 0.306 e. The van der Waals surface area contributed by atoms with Crippen LogP contribution in [0.1, 0.15) is 6.42 Å². The zero-order valence-electron chi connectivity index (χ0n) is 11.5. The Kier molecular flexibility index (Phi) is 3.26. The molecule has 1 aliphatic carbocycles. The monoisotopic (exact) mass is 308 g/mol. The molecule has 7 heteroatoms. The maximum atomic E-state index is 12.2. The van der Waals surface area contributed by atoms with Crippen molar-refractivity contribution in [2.24, 2.45) is 18.9 Å². The van der Waals surface area contributed by atoms with E-state index in [4.69, 9.17) is 5.11 Å². The average Bonchev–Trinajstić information content (AvgIpc) is 3.14. The molecule has 0 aliphatic heterocycles. The quantitative estimate of drug-likeness (QED) is 0.868. The number of fused-ring (bicyclic) bond motifs is 1. The summed E-state index contributed by atoms with van der Waals surface area (Å²) in [6.07, 6.45) is 2.41. The number of nitrogens with one attached hydrogen (secondary N) is 1. The summed E-state index contributed by atoms with van der Waals surface area (Å²) in [7, 11) is -1.75. The first kappa shape index (κ1) is 14.1. The van der Waals surface area contributed by atoms with E-state index < -0.39 is 21.9 Å². The molecule has 0 amide bonds. The van der Waals surface area contributed by atoms with Gasteiger partial charge in [-0.05, 0) is 35.9 Å². The Labute approximate surface area is 122 Å². The van der Waals surface area contributed by atoms with E-state index in [1.54, 1.807) is 18.2 Å². The number of rotatable bonds is 5. The molecule has 112 valence electrons. The Morgan fingerprint density at radius 3 is 2.86 bits per heavy atom. The third-order valence-electron chi connectivity index (χ3n) is 3.95. The van der Waals surface area contributed by atoms with Gasteiger partial charge >= 0.3 is 5.97 Å². The Morgan fingerprint density at radius 2 is 2.19 bits per heavy atom. The SMILES string of the molecule is Cn1ccc2ccc(S(=O)(=O)NC[C@@H]3C[C@H]3C(=O)O)cc21. The van der Waals surface area contributed by atoms with Gasteiger partial charge in [0.15, 0.2) is 0 Å². The number of aliphatic carboxylic acids is 1. The van der Waals surface area contributed by atoms with Crippen LogP contribution in [-0.4, -0.2) is 30.6 Å². The minimum atomic E-state index is -3.61. The highest BCUT2D eigenvalue weighted by molar-refractivity contribution is 7.89. The van der Waals surface area contributed by atoms with Gasteiger partial charge in [0.25, 0.3) is 0 Å². The van der Waals surface area contributed by atoms with Crippen LogP contribution in [0.3, 0.4) is 0 Å². The van der Waals surface area contributed by atoms with E-state index in [9.17, 15) is 13.2 Å². The van der Waals surface area contributed by atoms with Crippen molar-refractivity contribution in [1.82, 2.24) is 9.29 Å². The van der Waals surface area contributed by atoms with Crippen molar-refractivity contribution in [2.45, 2.75) is 11.3 Å². The summed E-state index contributed by atoms with van der Waals surface area (Å²) >= 11 is 0. The van der Waals surface area contributed by atoms with Crippen LogP contribution >= 0.6 is 0 Å². The summed E-state index contributed by atoms with van der Waals surface area (Å²) in [6, 6.07) is 6.87. The molecule has 21 heavy (non-hydrogen) atoms. The summed E-state index contributed by atoms with van der Waals surface area (Å²) in [5, 5.41) is 9.79. The minimum Gasteiger partial charge on any atom is -0.481 e. The highest BCUT2D eigenvalue weighted by atomic mass is 32.2. The second kappa shape index (κ2) is 4.85. The van der Waals surface area contributed by atoms with Gasteiger partial charge in [0, 0.05) is 25.3 Å². The molecule has 1 aliphatic rings. The molecule has 1 fully saturated rings. The molecule has 6 nitrogen and oxygen atoms in total. The summed E-state index contributed by atoms with van der Waals surface area (Å²) in [5.41, 5.74) is 0.840. The van der Waals surface area contributed by atoms with Crippen LogP contribution in [0, 0.1) is 11.8 Å². The van der Waals surface area contributed by atoms with Gasteiger partial charge < -0.3 is 9.67 Å². The summed E-state index contributed by atoms with van der Waals surface area (Å²) in [4.78, 5) is 10.9. The van der Waals surface area contributed by atoms with Crippen molar-refractivity contribution in [3.63, 3.8) is 0 Å². The zero-order chi connectivity index (χ0) is 15.2. The van der Waals surface area contributed by atoms with Crippen LogP contribution in [-0.2, 0) is 21.9 Å². The highest BCUT2D eigenvalue weighted by Gasteiger charge is 2.43. The molecule has 0 bridgehead atoms. The fourth-order valence-electron chi connectivity index (χ4n) is 2.49. The fraction of sp³-hybridized carbons (Fsp3) is 0.357. The van der Waals surface area contributed by atoms with Crippen LogP contribution in [0.2, 0.25) is 0 Å². The van der Waals surface area contributed by atoms with E-state index in [1.807, 2.05) is 23.9 Å². The topological polar surface area (TPSA) is 88.4 Å². The third kappa shape index (κ3) is 2.66. The largest absolute Gasteiger partial charge is 0.481 e. The van der Waals surface area contributed by atoms with Crippen LogP contribution < -0.4 is 4.72 Å². The molecular weight excluding hydrogens is 292 g/mol. The van der Waals surface area contributed by atoms with E-state index in [-0.39, 0.29) is 17.4 Å². The van der Waals surface area contributed by atoms with Crippen LogP contribution in [0.15, 0.2) is 35.4 Å². The molecule has 1 heterocycles. The van der Waals surface area contributed by atoms with E-state index in [0.29, 0.717) is 6.42 Å². The molecule has 0 radical (unpaired) electrons. The number of hydrogen-bond acceptors (Lipinski definition) is 3. The van der Waals surface area contributed by atoms with Crippen molar-refractivity contribution in [2.75, 3.05) is 6.54 Å². The molecule has 2 atom stereocenters. The summed E-state index contributed by atoms with van der Waals surface area (Å²) in [6.45, 7) is 0.171. The maximum Gasteiger partial charge on any atom is 0.306 e. The molecule has 3 rings (SSSR count). The molecule has 1 saturated carbocycles. The van der Waals surface area contributed by atoms with Gasteiger partial charge in [-0.1, -0.05) is 6.07 Å². The van der Waals surface area contributed by atoms with Crippen molar-refractivity contribution in [3.05, 3.63) is 30.5 Å².